The lowest BCUT2D eigenvalue weighted by molar-refractivity contribution is 0.0163. The van der Waals surface area contributed by atoms with Gasteiger partial charge in [-0.25, -0.2) is 4.79 Å². The summed E-state index contributed by atoms with van der Waals surface area (Å²) < 4.78 is 5.39. The number of carbonyl (C=O) groups is 1. The highest BCUT2D eigenvalue weighted by Gasteiger charge is 2.23. The number of halogens is 2. The van der Waals surface area contributed by atoms with Crippen molar-refractivity contribution in [3.8, 4) is 0 Å². The molecule has 0 spiro atoms. The summed E-state index contributed by atoms with van der Waals surface area (Å²) in [4.78, 5) is 13.8. The average molecular weight is 391 g/mol. The zero-order valence-electron chi connectivity index (χ0n) is 15.5. The van der Waals surface area contributed by atoms with Gasteiger partial charge in [-0.05, 0) is 52.3 Å². The Morgan fingerprint density at radius 1 is 1.32 bits per heavy atom. The molecular formula is C18H28Cl2N2O3. The van der Waals surface area contributed by atoms with Gasteiger partial charge in [-0.3, -0.25) is 0 Å². The van der Waals surface area contributed by atoms with E-state index in [-0.39, 0.29) is 12.6 Å². The maximum atomic E-state index is 12.3. The molecule has 0 aliphatic heterocycles. The molecule has 0 bridgehead atoms. The fraction of sp³-hybridized carbons (Fsp3) is 0.611. The molecule has 2 unspecified atom stereocenters. The third-order valence-electron chi connectivity index (χ3n) is 3.40. The van der Waals surface area contributed by atoms with Crippen LogP contribution in [-0.2, 0) is 4.74 Å². The highest BCUT2D eigenvalue weighted by Crippen LogP contribution is 2.25. The molecule has 25 heavy (non-hydrogen) atoms. The first-order valence-electron chi connectivity index (χ1n) is 8.34. The lowest BCUT2D eigenvalue weighted by Gasteiger charge is -2.28. The molecule has 0 radical (unpaired) electrons. The van der Waals surface area contributed by atoms with Crippen molar-refractivity contribution >= 4 is 29.3 Å². The number of carbonyl (C=O) groups excluding carboxylic acids is 1. The fourth-order valence-corrected chi connectivity index (χ4v) is 2.85. The van der Waals surface area contributed by atoms with E-state index < -0.39 is 17.8 Å². The minimum absolute atomic E-state index is 0.00296. The van der Waals surface area contributed by atoms with Gasteiger partial charge >= 0.3 is 6.09 Å². The van der Waals surface area contributed by atoms with Crippen LogP contribution in [0.15, 0.2) is 18.2 Å². The van der Waals surface area contributed by atoms with Crippen LogP contribution in [-0.4, -0.2) is 47.4 Å². The van der Waals surface area contributed by atoms with Crippen molar-refractivity contribution in [2.24, 2.45) is 0 Å². The Morgan fingerprint density at radius 3 is 2.48 bits per heavy atom. The highest BCUT2D eigenvalue weighted by molar-refractivity contribution is 6.35. The van der Waals surface area contributed by atoms with Gasteiger partial charge < -0.3 is 20.1 Å². The van der Waals surface area contributed by atoms with Crippen LogP contribution in [0.4, 0.5) is 4.79 Å². The molecule has 0 saturated carbocycles. The van der Waals surface area contributed by atoms with Gasteiger partial charge in [-0.2, -0.15) is 0 Å². The predicted molar refractivity (Wildman–Crippen MR) is 102 cm³/mol. The third kappa shape index (κ3) is 8.27. The van der Waals surface area contributed by atoms with Crippen LogP contribution in [0.5, 0.6) is 0 Å². The van der Waals surface area contributed by atoms with Crippen molar-refractivity contribution in [3.05, 3.63) is 33.8 Å². The topological polar surface area (TPSA) is 61.8 Å². The van der Waals surface area contributed by atoms with Crippen LogP contribution >= 0.6 is 23.2 Å². The minimum Gasteiger partial charge on any atom is -0.444 e. The number of hydrogen-bond donors (Lipinski definition) is 2. The highest BCUT2D eigenvalue weighted by atomic mass is 35.5. The number of aliphatic hydroxyl groups is 1. The van der Waals surface area contributed by atoms with E-state index in [1.54, 1.807) is 19.1 Å². The summed E-state index contributed by atoms with van der Waals surface area (Å²) in [6.45, 7) is 10.2. The van der Waals surface area contributed by atoms with Crippen LogP contribution in [0.25, 0.3) is 0 Å². The van der Waals surface area contributed by atoms with Crippen LogP contribution in [0, 0.1) is 0 Å². The molecule has 0 aromatic heterocycles. The Labute approximate surface area is 160 Å². The molecule has 2 N–H and O–H groups in total. The largest absolute Gasteiger partial charge is 0.444 e. The normalized spacial score (nSPS) is 14.1. The monoisotopic (exact) mass is 390 g/mol. The molecule has 5 nitrogen and oxygen atoms in total. The molecule has 0 saturated heterocycles. The van der Waals surface area contributed by atoms with Gasteiger partial charge in [-0.15, -0.1) is 0 Å². The lowest BCUT2D eigenvalue weighted by Crippen LogP contribution is -2.43. The molecule has 0 aliphatic carbocycles. The summed E-state index contributed by atoms with van der Waals surface area (Å²) in [7, 11) is 0. The molecule has 1 aromatic rings. The maximum absolute atomic E-state index is 12.3. The summed E-state index contributed by atoms with van der Waals surface area (Å²) in [5.41, 5.74) is 0.358. The van der Waals surface area contributed by atoms with Crippen LogP contribution in [0.3, 0.4) is 0 Å². The van der Waals surface area contributed by atoms with Crippen LogP contribution in [0.2, 0.25) is 10.0 Å². The van der Waals surface area contributed by atoms with Gasteiger partial charge in [0.25, 0.3) is 0 Å². The molecule has 0 fully saturated rings. The van der Waals surface area contributed by atoms with E-state index in [9.17, 15) is 9.90 Å². The van der Waals surface area contributed by atoms with Gasteiger partial charge in [0, 0.05) is 35.7 Å². The summed E-state index contributed by atoms with van der Waals surface area (Å²) in [5.74, 6) is 0. The first kappa shape index (κ1) is 22.0. The standard InChI is InChI=1S/C18H28Cl2N2O3/c1-12(23)11-22(17(24)25-18(3,4)5)9-8-21-13(2)15-7-6-14(19)10-16(15)20/h6-7,10,12-13,21,23H,8-9,11H2,1-5H3. The SMILES string of the molecule is CC(O)CN(CCNC(C)c1ccc(Cl)cc1Cl)C(=O)OC(C)(C)C. The molecule has 1 aromatic carbocycles. The van der Waals surface area contributed by atoms with Gasteiger partial charge in [-0.1, -0.05) is 29.3 Å². The summed E-state index contributed by atoms with van der Waals surface area (Å²) >= 11 is 12.1. The number of aliphatic hydroxyl groups excluding tert-OH is 1. The fourth-order valence-electron chi connectivity index (χ4n) is 2.28. The lowest BCUT2D eigenvalue weighted by atomic mass is 10.1. The van der Waals surface area contributed by atoms with Gasteiger partial charge in [0.05, 0.1) is 6.10 Å². The molecule has 0 aliphatic rings. The first-order valence-corrected chi connectivity index (χ1v) is 9.09. The zero-order valence-corrected chi connectivity index (χ0v) is 17.0. The second-order valence-corrected chi connectivity index (χ2v) is 7.96. The number of hydrogen-bond acceptors (Lipinski definition) is 4. The van der Waals surface area contributed by atoms with Crippen LogP contribution < -0.4 is 5.32 Å². The maximum Gasteiger partial charge on any atom is 0.410 e. The smallest absolute Gasteiger partial charge is 0.410 e. The third-order valence-corrected chi connectivity index (χ3v) is 3.96. The predicted octanol–water partition coefficient (Wildman–Crippen LogP) is 4.26. The van der Waals surface area contributed by atoms with E-state index in [1.807, 2.05) is 33.8 Å². The number of nitrogens with zero attached hydrogens (tertiary/aromatic N) is 1. The van der Waals surface area contributed by atoms with E-state index in [0.29, 0.717) is 23.1 Å². The minimum atomic E-state index is -0.629. The molecule has 7 heteroatoms. The van der Waals surface area contributed by atoms with Crippen molar-refractivity contribution < 1.29 is 14.6 Å². The Kier molecular flexibility index (Phi) is 8.48. The Morgan fingerprint density at radius 2 is 1.96 bits per heavy atom. The van der Waals surface area contributed by atoms with E-state index in [1.165, 1.54) is 4.90 Å². The first-order chi connectivity index (χ1) is 11.5. The average Bonchev–Trinajstić information content (AvgIpc) is 2.43. The molecule has 142 valence electrons. The second kappa shape index (κ2) is 9.62. The van der Waals surface area contributed by atoms with Gasteiger partial charge in [0.2, 0.25) is 0 Å². The van der Waals surface area contributed by atoms with Crippen molar-refractivity contribution in [3.63, 3.8) is 0 Å². The summed E-state index contributed by atoms with van der Waals surface area (Å²) in [6, 6.07) is 5.37. The second-order valence-electron chi connectivity index (χ2n) is 7.12. The van der Waals surface area contributed by atoms with Crippen molar-refractivity contribution in [2.45, 2.75) is 52.4 Å². The van der Waals surface area contributed by atoms with Gasteiger partial charge in [0.1, 0.15) is 5.60 Å². The van der Waals surface area contributed by atoms with Crippen molar-refractivity contribution in [1.82, 2.24) is 10.2 Å². The molecule has 2 atom stereocenters. The number of amides is 1. The molecule has 0 heterocycles. The summed E-state index contributed by atoms with van der Waals surface area (Å²) in [5, 5.41) is 14.1. The van der Waals surface area contributed by atoms with Crippen LogP contribution in [0.1, 0.15) is 46.2 Å². The van der Waals surface area contributed by atoms with E-state index in [2.05, 4.69) is 5.32 Å². The van der Waals surface area contributed by atoms with Gasteiger partial charge in [0.15, 0.2) is 0 Å². The Balaban J connectivity index is 2.62. The number of nitrogens with one attached hydrogen (secondary N) is 1. The molecular weight excluding hydrogens is 363 g/mol. The Hall–Kier alpha value is -1.01. The van der Waals surface area contributed by atoms with Crippen molar-refractivity contribution in [2.75, 3.05) is 19.6 Å². The van der Waals surface area contributed by atoms with Crippen molar-refractivity contribution in [1.29, 1.82) is 0 Å². The number of benzene rings is 1. The Bertz CT molecular complexity index is 574. The quantitative estimate of drug-likeness (QED) is 0.729. The van der Waals surface area contributed by atoms with E-state index >= 15 is 0 Å². The summed E-state index contributed by atoms with van der Waals surface area (Å²) in [6.07, 6.45) is -1.07. The van der Waals surface area contributed by atoms with E-state index in [0.717, 1.165) is 5.56 Å². The van der Waals surface area contributed by atoms with E-state index in [4.69, 9.17) is 27.9 Å². The number of ether oxygens (including phenoxy) is 1. The number of rotatable bonds is 7. The zero-order chi connectivity index (χ0) is 19.2. The molecule has 1 amide bonds. The molecule has 1 rings (SSSR count).